The first-order valence-corrected chi connectivity index (χ1v) is 11.6. The lowest BCUT2D eigenvalue weighted by Crippen LogP contribution is -2.53. The lowest BCUT2D eigenvalue weighted by atomic mass is 9.76. The van der Waals surface area contributed by atoms with Gasteiger partial charge in [-0.25, -0.2) is 0 Å². The van der Waals surface area contributed by atoms with E-state index in [0.717, 1.165) is 16.5 Å². The van der Waals surface area contributed by atoms with Gasteiger partial charge in [-0.3, -0.25) is 24.6 Å². The SMILES string of the molecule is COCCN1C(=O)[C@@H]2[C@H](Cc3c[nH]c4ccccc34)N[C@]3(C(=O)Nc4c(Cl)cccc43)[C@H]2C1=O. The van der Waals surface area contributed by atoms with E-state index in [2.05, 4.69) is 15.6 Å². The van der Waals surface area contributed by atoms with Crippen LogP contribution in [0.25, 0.3) is 10.9 Å². The van der Waals surface area contributed by atoms with Gasteiger partial charge in [0, 0.05) is 35.8 Å². The summed E-state index contributed by atoms with van der Waals surface area (Å²) in [4.78, 5) is 45.3. The van der Waals surface area contributed by atoms with Gasteiger partial charge in [0.25, 0.3) is 0 Å². The van der Waals surface area contributed by atoms with Crippen molar-refractivity contribution in [3.05, 3.63) is 64.8 Å². The fourth-order valence-corrected chi connectivity index (χ4v) is 6.19. The molecule has 2 aromatic carbocycles. The number of halogens is 1. The van der Waals surface area contributed by atoms with Crippen molar-refractivity contribution in [1.29, 1.82) is 0 Å². The molecule has 0 aliphatic carbocycles. The molecule has 3 N–H and O–H groups in total. The summed E-state index contributed by atoms with van der Waals surface area (Å²) in [6, 6.07) is 12.8. The number of anilines is 1. The third-order valence-corrected chi connectivity index (χ3v) is 7.74. The number of imide groups is 1. The van der Waals surface area contributed by atoms with E-state index < -0.39 is 23.4 Å². The number of methoxy groups -OCH3 is 1. The second-order valence-corrected chi connectivity index (χ2v) is 9.47. The molecule has 3 aromatic rings. The van der Waals surface area contributed by atoms with Crippen molar-refractivity contribution in [2.24, 2.45) is 11.8 Å². The molecule has 4 atom stereocenters. The summed E-state index contributed by atoms with van der Waals surface area (Å²) in [6.45, 7) is 0.389. The number of likely N-dealkylation sites (tertiary alicyclic amines) is 1. The highest BCUT2D eigenvalue weighted by atomic mass is 35.5. The molecule has 34 heavy (non-hydrogen) atoms. The summed E-state index contributed by atoms with van der Waals surface area (Å²) in [5.74, 6) is -2.55. The van der Waals surface area contributed by atoms with Crippen molar-refractivity contribution in [2.45, 2.75) is 18.0 Å². The maximum absolute atomic E-state index is 13.7. The van der Waals surface area contributed by atoms with E-state index in [1.165, 1.54) is 12.0 Å². The molecule has 0 bridgehead atoms. The van der Waals surface area contributed by atoms with Crippen molar-refractivity contribution in [1.82, 2.24) is 15.2 Å². The van der Waals surface area contributed by atoms with Crippen LogP contribution in [0.5, 0.6) is 0 Å². The Hall–Kier alpha value is -3.20. The van der Waals surface area contributed by atoms with Crippen LogP contribution in [0.1, 0.15) is 11.1 Å². The molecule has 6 rings (SSSR count). The van der Waals surface area contributed by atoms with Gasteiger partial charge in [-0.15, -0.1) is 0 Å². The van der Waals surface area contributed by atoms with Crippen LogP contribution >= 0.6 is 11.6 Å². The average molecular weight is 479 g/mol. The molecular weight excluding hydrogens is 456 g/mol. The second-order valence-electron chi connectivity index (χ2n) is 9.06. The zero-order valence-corrected chi connectivity index (χ0v) is 19.2. The van der Waals surface area contributed by atoms with Crippen molar-refractivity contribution in [3.63, 3.8) is 0 Å². The molecule has 3 aliphatic heterocycles. The zero-order chi connectivity index (χ0) is 23.6. The van der Waals surface area contributed by atoms with E-state index in [-0.39, 0.29) is 30.9 Å². The standard InChI is InChI=1S/C25H23ClN4O4/c1-34-10-9-30-22(31)19-18(11-13-12-27-17-8-3-2-5-14(13)17)29-25(20(19)23(30)32)15-6-4-7-16(26)21(15)28-24(25)33/h2-8,12,18-20,27,29H,9-11H2,1H3,(H,28,33)/t18-,19+,20+,25-/m0/s1. The van der Waals surface area contributed by atoms with Gasteiger partial charge in [0.15, 0.2) is 0 Å². The Morgan fingerprint density at radius 2 is 1.91 bits per heavy atom. The first kappa shape index (κ1) is 21.3. The van der Waals surface area contributed by atoms with Gasteiger partial charge in [-0.1, -0.05) is 41.9 Å². The van der Waals surface area contributed by atoms with Gasteiger partial charge in [0.1, 0.15) is 5.54 Å². The molecule has 3 amide bonds. The summed E-state index contributed by atoms with van der Waals surface area (Å²) in [7, 11) is 1.53. The van der Waals surface area contributed by atoms with E-state index in [4.69, 9.17) is 16.3 Å². The molecule has 0 radical (unpaired) electrons. The minimum Gasteiger partial charge on any atom is -0.383 e. The summed E-state index contributed by atoms with van der Waals surface area (Å²) < 4.78 is 5.13. The smallest absolute Gasteiger partial charge is 0.250 e. The van der Waals surface area contributed by atoms with Gasteiger partial charge in [-0.2, -0.15) is 0 Å². The van der Waals surface area contributed by atoms with Crippen LogP contribution < -0.4 is 10.6 Å². The Morgan fingerprint density at radius 1 is 1.09 bits per heavy atom. The molecule has 1 aromatic heterocycles. The number of para-hydroxylation sites is 2. The maximum Gasteiger partial charge on any atom is 0.250 e. The minimum absolute atomic E-state index is 0.154. The van der Waals surface area contributed by atoms with E-state index in [1.807, 2.05) is 30.5 Å². The molecule has 2 fully saturated rings. The first-order valence-electron chi connectivity index (χ1n) is 11.2. The minimum atomic E-state index is -1.36. The monoisotopic (exact) mass is 478 g/mol. The van der Waals surface area contributed by atoms with E-state index >= 15 is 0 Å². The number of H-pyrrole nitrogens is 1. The molecule has 1 spiro atoms. The number of nitrogens with zero attached hydrogens (tertiary/aromatic N) is 1. The Balaban J connectivity index is 1.47. The highest BCUT2D eigenvalue weighted by Crippen LogP contribution is 2.54. The zero-order valence-electron chi connectivity index (χ0n) is 18.4. The van der Waals surface area contributed by atoms with Crippen LogP contribution in [0, 0.1) is 11.8 Å². The van der Waals surface area contributed by atoms with E-state index in [0.29, 0.717) is 22.7 Å². The van der Waals surface area contributed by atoms with Crippen LogP contribution in [0.3, 0.4) is 0 Å². The fourth-order valence-electron chi connectivity index (χ4n) is 5.97. The first-order chi connectivity index (χ1) is 16.5. The third-order valence-electron chi connectivity index (χ3n) is 7.42. The number of carbonyl (C=O) groups excluding carboxylic acids is 3. The number of benzene rings is 2. The molecule has 0 unspecified atom stereocenters. The quantitative estimate of drug-likeness (QED) is 0.489. The van der Waals surface area contributed by atoms with Crippen molar-refractivity contribution >= 4 is 45.9 Å². The lowest BCUT2D eigenvalue weighted by molar-refractivity contribution is -0.143. The Kier molecular flexibility index (Phi) is 4.81. The molecular formula is C25H23ClN4O4. The topological polar surface area (TPSA) is 104 Å². The molecule has 4 heterocycles. The summed E-state index contributed by atoms with van der Waals surface area (Å²) in [6.07, 6.45) is 2.41. The summed E-state index contributed by atoms with van der Waals surface area (Å²) in [5.41, 5.74) is 1.74. The van der Waals surface area contributed by atoms with Crippen molar-refractivity contribution in [3.8, 4) is 0 Å². The third kappa shape index (κ3) is 2.76. The van der Waals surface area contributed by atoms with Crippen molar-refractivity contribution in [2.75, 3.05) is 25.6 Å². The van der Waals surface area contributed by atoms with Gasteiger partial charge in [0.2, 0.25) is 17.7 Å². The highest BCUT2D eigenvalue weighted by Gasteiger charge is 2.70. The average Bonchev–Trinajstić information content (AvgIpc) is 3.54. The number of nitrogens with one attached hydrogen (secondary N) is 3. The molecule has 9 heteroatoms. The van der Waals surface area contributed by atoms with E-state index in [1.54, 1.807) is 18.2 Å². The normalized spacial score (nSPS) is 27.6. The molecule has 0 saturated carbocycles. The molecule has 3 aliphatic rings. The van der Waals surface area contributed by atoms with Gasteiger partial charge >= 0.3 is 0 Å². The summed E-state index contributed by atoms with van der Waals surface area (Å²) in [5, 5.41) is 7.77. The molecule has 174 valence electrons. The van der Waals surface area contributed by atoms with Crippen LogP contribution in [0.4, 0.5) is 5.69 Å². The van der Waals surface area contributed by atoms with Gasteiger partial charge < -0.3 is 15.0 Å². The fraction of sp³-hybridized carbons (Fsp3) is 0.320. The lowest BCUT2D eigenvalue weighted by Gasteiger charge is -2.29. The van der Waals surface area contributed by atoms with Crippen LogP contribution in [0.15, 0.2) is 48.7 Å². The number of rotatable bonds is 5. The Labute approximate surface area is 200 Å². The number of aromatic nitrogens is 1. The number of amides is 3. The number of ether oxygens (including phenoxy) is 1. The van der Waals surface area contributed by atoms with Crippen LogP contribution in [0.2, 0.25) is 5.02 Å². The van der Waals surface area contributed by atoms with E-state index in [9.17, 15) is 14.4 Å². The number of aromatic amines is 1. The van der Waals surface area contributed by atoms with Gasteiger partial charge in [-0.05, 0) is 24.1 Å². The second kappa shape index (κ2) is 7.66. The van der Waals surface area contributed by atoms with Crippen molar-refractivity contribution < 1.29 is 19.1 Å². The van der Waals surface area contributed by atoms with Crippen LogP contribution in [-0.2, 0) is 31.1 Å². The maximum atomic E-state index is 13.7. The summed E-state index contributed by atoms with van der Waals surface area (Å²) >= 11 is 6.39. The molecule has 8 nitrogen and oxygen atoms in total. The predicted molar refractivity (Wildman–Crippen MR) is 126 cm³/mol. The number of hydrogen-bond donors (Lipinski definition) is 3. The highest BCUT2D eigenvalue weighted by molar-refractivity contribution is 6.35. The number of fused-ring (bicyclic) bond motifs is 5. The predicted octanol–water partition coefficient (Wildman–Crippen LogP) is 2.43. The molecule has 2 saturated heterocycles. The number of hydrogen-bond acceptors (Lipinski definition) is 5. The Morgan fingerprint density at radius 3 is 2.74 bits per heavy atom. The van der Waals surface area contributed by atoms with Crippen LogP contribution in [-0.4, -0.2) is 53.9 Å². The Bertz CT molecular complexity index is 1350. The largest absolute Gasteiger partial charge is 0.383 e. The number of carbonyl (C=O) groups is 3. The van der Waals surface area contributed by atoms with Gasteiger partial charge in [0.05, 0.1) is 35.7 Å².